The van der Waals surface area contributed by atoms with Crippen LogP contribution in [-0.4, -0.2) is 9.97 Å². The molecule has 1 heterocycles. The van der Waals surface area contributed by atoms with Crippen molar-refractivity contribution in [3.05, 3.63) is 65.2 Å². The second kappa shape index (κ2) is 4.84. The molecule has 3 heteroatoms. The first-order valence-electron chi connectivity index (χ1n) is 6.40. The zero-order chi connectivity index (χ0) is 13.2. The van der Waals surface area contributed by atoms with Crippen LogP contribution in [0, 0.1) is 12.7 Å². The monoisotopic (exact) mass is 254 g/mol. The SMILES string of the molecule is Cc1cccc(CCc2nc3ccc(F)cc3[nH]2)c1. The standard InChI is InChI=1S/C16H15FN2/c1-11-3-2-4-12(9-11)5-8-16-18-14-7-6-13(17)10-15(14)19-16/h2-4,6-7,9-10H,5,8H2,1H3,(H,18,19). The lowest BCUT2D eigenvalue weighted by molar-refractivity contribution is 0.629. The number of halogens is 1. The molecule has 0 saturated heterocycles. The Labute approximate surface area is 111 Å². The summed E-state index contributed by atoms with van der Waals surface area (Å²) in [6, 6.07) is 13.1. The zero-order valence-electron chi connectivity index (χ0n) is 10.8. The number of H-pyrrole nitrogens is 1. The maximum Gasteiger partial charge on any atom is 0.125 e. The van der Waals surface area contributed by atoms with Crippen molar-refractivity contribution in [2.45, 2.75) is 19.8 Å². The molecule has 19 heavy (non-hydrogen) atoms. The van der Waals surface area contributed by atoms with E-state index in [-0.39, 0.29) is 5.82 Å². The number of hydrogen-bond donors (Lipinski definition) is 1. The topological polar surface area (TPSA) is 28.7 Å². The van der Waals surface area contributed by atoms with Crippen molar-refractivity contribution in [1.29, 1.82) is 0 Å². The maximum absolute atomic E-state index is 13.1. The van der Waals surface area contributed by atoms with Gasteiger partial charge in [0.25, 0.3) is 0 Å². The molecule has 0 fully saturated rings. The van der Waals surface area contributed by atoms with E-state index in [1.165, 1.54) is 23.3 Å². The molecule has 96 valence electrons. The number of fused-ring (bicyclic) bond motifs is 1. The number of aryl methyl sites for hydroxylation is 3. The Morgan fingerprint density at radius 3 is 2.84 bits per heavy atom. The van der Waals surface area contributed by atoms with Gasteiger partial charge in [0.15, 0.2) is 0 Å². The molecule has 3 rings (SSSR count). The van der Waals surface area contributed by atoms with Gasteiger partial charge in [-0.1, -0.05) is 29.8 Å². The lowest BCUT2D eigenvalue weighted by atomic mass is 10.1. The van der Waals surface area contributed by atoms with E-state index in [0.717, 1.165) is 29.7 Å². The predicted octanol–water partition coefficient (Wildman–Crippen LogP) is 3.80. The number of aromatic nitrogens is 2. The third kappa shape index (κ3) is 2.65. The quantitative estimate of drug-likeness (QED) is 0.756. The highest BCUT2D eigenvalue weighted by Crippen LogP contribution is 2.14. The first-order chi connectivity index (χ1) is 9.20. The number of nitrogens with one attached hydrogen (secondary N) is 1. The lowest BCUT2D eigenvalue weighted by Crippen LogP contribution is -1.93. The Hall–Kier alpha value is -2.16. The van der Waals surface area contributed by atoms with Gasteiger partial charge in [-0.3, -0.25) is 0 Å². The van der Waals surface area contributed by atoms with Crippen molar-refractivity contribution >= 4 is 11.0 Å². The van der Waals surface area contributed by atoms with E-state index in [9.17, 15) is 4.39 Å². The number of imidazole rings is 1. The summed E-state index contributed by atoms with van der Waals surface area (Å²) in [5, 5.41) is 0. The number of rotatable bonds is 3. The number of aromatic amines is 1. The van der Waals surface area contributed by atoms with Gasteiger partial charge in [0.2, 0.25) is 0 Å². The van der Waals surface area contributed by atoms with Crippen LogP contribution in [0.2, 0.25) is 0 Å². The second-order valence-corrected chi connectivity index (χ2v) is 4.83. The average molecular weight is 254 g/mol. The Bertz CT molecular complexity index is 716. The Morgan fingerprint density at radius 2 is 2.00 bits per heavy atom. The summed E-state index contributed by atoms with van der Waals surface area (Å²) >= 11 is 0. The lowest BCUT2D eigenvalue weighted by Gasteiger charge is -2.00. The van der Waals surface area contributed by atoms with Gasteiger partial charge < -0.3 is 4.98 Å². The van der Waals surface area contributed by atoms with E-state index in [1.54, 1.807) is 6.07 Å². The van der Waals surface area contributed by atoms with Crippen molar-refractivity contribution < 1.29 is 4.39 Å². The van der Waals surface area contributed by atoms with Crippen LogP contribution in [0.25, 0.3) is 11.0 Å². The maximum atomic E-state index is 13.1. The molecule has 0 amide bonds. The van der Waals surface area contributed by atoms with E-state index >= 15 is 0 Å². The third-order valence-corrected chi connectivity index (χ3v) is 3.23. The van der Waals surface area contributed by atoms with Crippen LogP contribution in [0.15, 0.2) is 42.5 Å². The van der Waals surface area contributed by atoms with Gasteiger partial charge in [0.1, 0.15) is 11.6 Å². The minimum atomic E-state index is -0.235. The molecule has 0 spiro atoms. The van der Waals surface area contributed by atoms with Gasteiger partial charge in [0, 0.05) is 6.42 Å². The number of nitrogens with zero attached hydrogens (tertiary/aromatic N) is 1. The van der Waals surface area contributed by atoms with Crippen molar-refractivity contribution in [3.8, 4) is 0 Å². The van der Waals surface area contributed by atoms with Gasteiger partial charge >= 0.3 is 0 Å². The molecule has 1 aromatic heterocycles. The molecule has 0 aliphatic rings. The molecule has 0 radical (unpaired) electrons. The van der Waals surface area contributed by atoms with E-state index in [4.69, 9.17) is 0 Å². The summed E-state index contributed by atoms with van der Waals surface area (Å²) in [7, 11) is 0. The van der Waals surface area contributed by atoms with Crippen LogP contribution < -0.4 is 0 Å². The fourth-order valence-electron chi connectivity index (χ4n) is 2.28. The summed E-state index contributed by atoms with van der Waals surface area (Å²) in [6.45, 7) is 2.09. The highest BCUT2D eigenvalue weighted by molar-refractivity contribution is 5.74. The van der Waals surface area contributed by atoms with Gasteiger partial charge in [-0.05, 0) is 37.1 Å². The second-order valence-electron chi connectivity index (χ2n) is 4.83. The van der Waals surface area contributed by atoms with Crippen molar-refractivity contribution in [3.63, 3.8) is 0 Å². The summed E-state index contributed by atoms with van der Waals surface area (Å²) in [5.41, 5.74) is 4.15. The Morgan fingerprint density at radius 1 is 1.11 bits per heavy atom. The average Bonchev–Trinajstić information content (AvgIpc) is 2.78. The molecular formula is C16H15FN2. The highest BCUT2D eigenvalue weighted by atomic mass is 19.1. The van der Waals surface area contributed by atoms with E-state index < -0.39 is 0 Å². The zero-order valence-corrected chi connectivity index (χ0v) is 10.8. The smallest absolute Gasteiger partial charge is 0.125 e. The van der Waals surface area contributed by atoms with Crippen LogP contribution in [0.5, 0.6) is 0 Å². The third-order valence-electron chi connectivity index (χ3n) is 3.23. The molecule has 2 nitrogen and oxygen atoms in total. The molecular weight excluding hydrogens is 239 g/mol. The predicted molar refractivity (Wildman–Crippen MR) is 74.6 cm³/mol. The van der Waals surface area contributed by atoms with Crippen LogP contribution >= 0.6 is 0 Å². The van der Waals surface area contributed by atoms with Crippen LogP contribution in [0.1, 0.15) is 17.0 Å². The fourth-order valence-corrected chi connectivity index (χ4v) is 2.28. The Kier molecular flexibility index (Phi) is 3.03. The summed E-state index contributed by atoms with van der Waals surface area (Å²) < 4.78 is 13.1. The Balaban J connectivity index is 1.78. The van der Waals surface area contributed by atoms with E-state index in [0.29, 0.717) is 0 Å². The highest BCUT2D eigenvalue weighted by Gasteiger charge is 2.04. The fraction of sp³-hybridized carbons (Fsp3) is 0.188. The van der Waals surface area contributed by atoms with Gasteiger partial charge in [0.05, 0.1) is 11.0 Å². The normalized spacial score (nSPS) is 11.1. The summed E-state index contributed by atoms with van der Waals surface area (Å²) in [5.74, 6) is 0.670. The molecule has 0 saturated carbocycles. The first-order valence-corrected chi connectivity index (χ1v) is 6.40. The van der Waals surface area contributed by atoms with Crippen LogP contribution in [0.3, 0.4) is 0 Å². The molecule has 0 unspecified atom stereocenters. The van der Waals surface area contributed by atoms with Gasteiger partial charge in [-0.25, -0.2) is 9.37 Å². The van der Waals surface area contributed by atoms with Crippen LogP contribution in [-0.2, 0) is 12.8 Å². The molecule has 0 aliphatic carbocycles. The molecule has 2 aromatic carbocycles. The van der Waals surface area contributed by atoms with Crippen molar-refractivity contribution in [2.24, 2.45) is 0 Å². The van der Waals surface area contributed by atoms with Gasteiger partial charge in [-0.2, -0.15) is 0 Å². The summed E-state index contributed by atoms with van der Waals surface area (Å²) in [6.07, 6.45) is 1.77. The van der Waals surface area contributed by atoms with Crippen molar-refractivity contribution in [1.82, 2.24) is 9.97 Å². The number of hydrogen-bond acceptors (Lipinski definition) is 1. The van der Waals surface area contributed by atoms with E-state index in [1.807, 2.05) is 0 Å². The van der Waals surface area contributed by atoms with E-state index in [2.05, 4.69) is 41.2 Å². The molecule has 3 aromatic rings. The minimum absolute atomic E-state index is 0.235. The molecule has 0 bridgehead atoms. The first kappa shape index (κ1) is 11.9. The van der Waals surface area contributed by atoms with Crippen LogP contribution in [0.4, 0.5) is 4.39 Å². The largest absolute Gasteiger partial charge is 0.342 e. The molecule has 0 aliphatic heterocycles. The number of benzene rings is 2. The summed E-state index contributed by atoms with van der Waals surface area (Å²) in [4.78, 5) is 7.64. The van der Waals surface area contributed by atoms with Gasteiger partial charge in [-0.15, -0.1) is 0 Å². The van der Waals surface area contributed by atoms with Crippen molar-refractivity contribution in [2.75, 3.05) is 0 Å². The molecule has 1 N–H and O–H groups in total. The molecule has 0 atom stereocenters. The minimum Gasteiger partial charge on any atom is -0.342 e.